The van der Waals surface area contributed by atoms with Crippen molar-refractivity contribution in [1.29, 1.82) is 0 Å². The highest BCUT2D eigenvalue weighted by molar-refractivity contribution is 5.89. The highest BCUT2D eigenvalue weighted by Gasteiger charge is 2.59. The maximum Gasteiger partial charge on any atom is 0.436 e. The van der Waals surface area contributed by atoms with Gasteiger partial charge < -0.3 is 5.32 Å². The van der Waals surface area contributed by atoms with Gasteiger partial charge in [-0.3, -0.25) is 4.90 Å². The number of carbonyl (C=O) groups excluding carboxylic acids is 1. The number of urea groups is 1. The molecule has 0 aliphatic carbocycles. The number of hydrogen-bond donors (Lipinski definition) is 1. The van der Waals surface area contributed by atoms with Crippen LogP contribution in [0, 0.1) is 0 Å². The lowest BCUT2D eigenvalue weighted by molar-refractivity contribution is -0.196. The van der Waals surface area contributed by atoms with E-state index < -0.39 is 17.9 Å². The molecule has 0 fully saturated rings. The largest absolute Gasteiger partial charge is 0.436 e. The number of nitrogens with one attached hydrogen (secondary N) is 1. The molecule has 21 heavy (non-hydrogen) atoms. The van der Waals surface area contributed by atoms with Gasteiger partial charge in [-0.05, 0) is 6.42 Å². The van der Waals surface area contributed by atoms with Crippen molar-refractivity contribution in [3.63, 3.8) is 0 Å². The van der Waals surface area contributed by atoms with E-state index in [9.17, 15) is 18.0 Å². The van der Waals surface area contributed by atoms with Crippen molar-refractivity contribution in [2.45, 2.75) is 31.6 Å². The fourth-order valence-corrected chi connectivity index (χ4v) is 2.09. The van der Waals surface area contributed by atoms with Crippen LogP contribution in [0.5, 0.6) is 0 Å². The van der Waals surface area contributed by atoms with E-state index in [2.05, 4.69) is 4.99 Å². The van der Waals surface area contributed by atoms with Gasteiger partial charge in [-0.25, -0.2) is 9.79 Å². The SMILES string of the molecule is CCCCN1C=NC(c2ccccc2)(C(F)(F)F)NC1=O. The summed E-state index contributed by atoms with van der Waals surface area (Å²) in [5.74, 6) is 0. The first kappa shape index (κ1) is 15.3. The quantitative estimate of drug-likeness (QED) is 0.911. The van der Waals surface area contributed by atoms with Crippen LogP contribution in [0.4, 0.5) is 18.0 Å². The summed E-state index contributed by atoms with van der Waals surface area (Å²) < 4.78 is 40.5. The third kappa shape index (κ3) is 2.86. The van der Waals surface area contributed by atoms with E-state index in [1.165, 1.54) is 24.3 Å². The van der Waals surface area contributed by atoms with Gasteiger partial charge in [0.25, 0.3) is 5.66 Å². The molecule has 0 spiro atoms. The van der Waals surface area contributed by atoms with E-state index in [4.69, 9.17) is 0 Å². The van der Waals surface area contributed by atoms with E-state index in [-0.39, 0.29) is 5.56 Å². The summed E-state index contributed by atoms with van der Waals surface area (Å²) in [6.07, 6.45) is -2.21. The molecular weight excluding hydrogens is 283 g/mol. The fraction of sp³-hybridized carbons (Fsp3) is 0.429. The van der Waals surface area contributed by atoms with Gasteiger partial charge in [-0.15, -0.1) is 0 Å². The van der Waals surface area contributed by atoms with Crippen molar-refractivity contribution in [2.75, 3.05) is 6.54 Å². The summed E-state index contributed by atoms with van der Waals surface area (Å²) in [6.45, 7) is 2.28. The van der Waals surface area contributed by atoms with Gasteiger partial charge in [0.2, 0.25) is 0 Å². The third-order valence-electron chi connectivity index (χ3n) is 3.29. The molecule has 0 radical (unpaired) electrons. The topological polar surface area (TPSA) is 44.7 Å². The maximum absolute atomic E-state index is 13.5. The fourth-order valence-electron chi connectivity index (χ4n) is 2.09. The lowest BCUT2D eigenvalue weighted by Gasteiger charge is -2.38. The number of amides is 2. The Kier molecular flexibility index (Phi) is 4.20. The summed E-state index contributed by atoms with van der Waals surface area (Å²) in [5.41, 5.74) is -2.83. The number of carbonyl (C=O) groups is 1. The molecule has 1 aromatic rings. The average Bonchev–Trinajstić information content (AvgIpc) is 2.45. The van der Waals surface area contributed by atoms with Crippen LogP contribution in [0.15, 0.2) is 35.3 Å². The van der Waals surface area contributed by atoms with Crippen molar-refractivity contribution in [1.82, 2.24) is 10.2 Å². The first-order chi connectivity index (χ1) is 9.90. The minimum absolute atomic E-state index is 0.114. The highest BCUT2D eigenvalue weighted by atomic mass is 19.4. The van der Waals surface area contributed by atoms with Crippen molar-refractivity contribution in [2.24, 2.45) is 4.99 Å². The van der Waals surface area contributed by atoms with Crippen LogP contribution in [-0.4, -0.2) is 30.0 Å². The van der Waals surface area contributed by atoms with Crippen LogP contribution >= 0.6 is 0 Å². The summed E-state index contributed by atoms with van der Waals surface area (Å²) in [6, 6.07) is 6.37. The number of unbranched alkanes of at least 4 members (excludes halogenated alkanes) is 1. The Morgan fingerprint density at radius 1 is 1.29 bits per heavy atom. The molecule has 0 aromatic heterocycles. The van der Waals surface area contributed by atoms with Crippen molar-refractivity contribution in [3.05, 3.63) is 35.9 Å². The van der Waals surface area contributed by atoms with E-state index >= 15 is 0 Å². The second-order valence-corrected chi connectivity index (χ2v) is 4.80. The zero-order valence-corrected chi connectivity index (χ0v) is 11.5. The molecule has 1 N–H and O–H groups in total. The van der Waals surface area contributed by atoms with Crippen LogP contribution in [-0.2, 0) is 5.66 Å². The monoisotopic (exact) mass is 299 g/mol. The maximum atomic E-state index is 13.5. The van der Waals surface area contributed by atoms with Crippen molar-refractivity contribution in [3.8, 4) is 0 Å². The van der Waals surface area contributed by atoms with Gasteiger partial charge >= 0.3 is 12.2 Å². The molecule has 1 aliphatic heterocycles. The van der Waals surface area contributed by atoms with Crippen molar-refractivity contribution < 1.29 is 18.0 Å². The standard InChI is InChI=1S/C14H16F3N3O/c1-2-3-9-20-10-18-13(14(15,16)17,19-12(20)21)11-7-5-4-6-8-11/h4-8,10H,2-3,9H2,1H3,(H,19,21). The molecule has 0 bridgehead atoms. The molecule has 1 unspecified atom stereocenters. The minimum Gasteiger partial charge on any atom is -0.302 e. The molecule has 0 saturated heterocycles. The Balaban J connectivity index is 2.39. The molecular formula is C14H16F3N3O. The Hall–Kier alpha value is -2.05. The molecule has 1 atom stereocenters. The van der Waals surface area contributed by atoms with E-state index in [1.807, 2.05) is 12.2 Å². The van der Waals surface area contributed by atoms with Gasteiger partial charge in [0.05, 0.1) is 6.34 Å². The van der Waals surface area contributed by atoms with Gasteiger partial charge in [0.1, 0.15) is 0 Å². The molecule has 7 heteroatoms. The molecule has 1 heterocycles. The van der Waals surface area contributed by atoms with Gasteiger partial charge in [-0.1, -0.05) is 43.7 Å². The van der Waals surface area contributed by atoms with Crippen LogP contribution in [0.25, 0.3) is 0 Å². The number of aliphatic imine (C=N–C) groups is 1. The second kappa shape index (κ2) is 5.75. The van der Waals surface area contributed by atoms with Crippen LogP contribution in [0.1, 0.15) is 25.3 Å². The molecule has 114 valence electrons. The van der Waals surface area contributed by atoms with Crippen molar-refractivity contribution >= 4 is 12.4 Å². The minimum atomic E-state index is -4.72. The van der Waals surface area contributed by atoms with Gasteiger partial charge in [0, 0.05) is 12.1 Å². The molecule has 0 saturated carbocycles. The van der Waals surface area contributed by atoms with Crippen LogP contribution in [0.2, 0.25) is 0 Å². The van der Waals surface area contributed by atoms with Crippen LogP contribution < -0.4 is 5.32 Å². The first-order valence-corrected chi connectivity index (χ1v) is 6.67. The Labute approximate surface area is 120 Å². The Morgan fingerprint density at radius 2 is 1.95 bits per heavy atom. The zero-order chi connectivity index (χ0) is 15.5. The van der Waals surface area contributed by atoms with Gasteiger partial charge in [-0.2, -0.15) is 13.2 Å². The lowest BCUT2D eigenvalue weighted by atomic mass is 9.99. The molecule has 1 aromatic carbocycles. The zero-order valence-electron chi connectivity index (χ0n) is 11.5. The third-order valence-corrected chi connectivity index (χ3v) is 3.29. The number of halogens is 3. The predicted molar refractivity (Wildman–Crippen MR) is 72.8 cm³/mol. The van der Waals surface area contributed by atoms with Gasteiger partial charge in [0.15, 0.2) is 0 Å². The Morgan fingerprint density at radius 3 is 2.48 bits per heavy atom. The number of alkyl halides is 3. The summed E-state index contributed by atoms with van der Waals surface area (Å²) in [5, 5.41) is 2.01. The number of nitrogens with zero attached hydrogens (tertiary/aromatic N) is 2. The molecule has 2 rings (SSSR count). The summed E-state index contributed by atoms with van der Waals surface area (Å²) >= 11 is 0. The smallest absolute Gasteiger partial charge is 0.302 e. The first-order valence-electron chi connectivity index (χ1n) is 6.67. The van der Waals surface area contributed by atoms with E-state index in [0.29, 0.717) is 13.0 Å². The lowest BCUT2D eigenvalue weighted by Crippen LogP contribution is -2.61. The number of hydrogen-bond acceptors (Lipinski definition) is 2. The highest BCUT2D eigenvalue weighted by Crippen LogP contribution is 2.41. The van der Waals surface area contributed by atoms with E-state index in [0.717, 1.165) is 17.7 Å². The molecule has 2 amide bonds. The molecule has 4 nitrogen and oxygen atoms in total. The Bertz CT molecular complexity index is 530. The van der Waals surface area contributed by atoms with E-state index in [1.54, 1.807) is 6.07 Å². The number of rotatable bonds is 4. The summed E-state index contributed by atoms with van der Waals surface area (Å²) in [7, 11) is 0. The average molecular weight is 299 g/mol. The number of benzene rings is 1. The second-order valence-electron chi connectivity index (χ2n) is 4.80. The normalized spacial score (nSPS) is 22.3. The molecule has 1 aliphatic rings. The predicted octanol–water partition coefficient (Wildman–Crippen LogP) is 3.26. The summed E-state index contributed by atoms with van der Waals surface area (Å²) in [4.78, 5) is 16.8. The van der Waals surface area contributed by atoms with Crippen LogP contribution in [0.3, 0.4) is 0 Å².